The first kappa shape index (κ1) is 11.5. The summed E-state index contributed by atoms with van der Waals surface area (Å²) in [6, 6.07) is 3.52. The standard InChI is InChI=1S/C12H22N2/c1-4-11(7-8-13)14-9-5-6-12(14)10(2)3/h10-12H,4-7,9H2,1-3H3. The van der Waals surface area contributed by atoms with Crippen molar-refractivity contribution in [2.24, 2.45) is 5.92 Å². The minimum Gasteiger partial charge on any atom is -0.296 e. The van der Waals surface area contributed by atoms with E-state index in [2.05, 4.69) is 31.7 Å². The Bertz CT molecular complexity index is 205. The Morgan fingerprint density at radius 2 is 2.21 bits per heavy atom. The Labute approximate surface area is 87.9 Å². The fourth-order valence-electron chi connectivity index (χ4n) is 2.59. The summed E-state index contributed by atoms with van der Waals surface area (Å²) in [6.45, 7) is 7.98. The van der Waals surface area contributed by atoms with Crippen LogP contribution in [0.2, 0.25) is 0 Å². The molecule has 0 amide bonds. The van der Waals surface area contributed by atoms with Crippen molar-refractivity contribution in [3.8, 4) is 6.07 Å². The molecule has 2 atom stereocenters. The molecule has 1 rings (SSSR count). The van der Waals surface area contributed by atoms with E-state index in [1.165, 1.54) is 19.4 Å². The third-order valence-corrected chi connectivity index (χ3v) is 3.38. The smallest absolute Gasteiger partial charge is 0.0638 e. The predicted octanol–water partition coefficient (Wildman–Crippen LogP) is 2.80. The Hall–Kier alpha value is -0.550. The van der Waals surface area contributed by atoms with E-state index in [1.807, 2.05) is 0 Å². The van der Waals surface area contributed by atoms with Crippen LogP contribution in [0.4, 0.5) is 0 Å². The van der Waals surface area contributed by atoms with E-state index < -0.39 is 0 Å². The summed E-state index contributed by atoms with van der Waals surface area (Å²) in [6.07, 6.45) is 4.43. The van der Waals surface area contributed by atoms with Crippen LogP contribution in [0.3, 0.4) is 0 Å². The van der Waals surface area contributed by atoms with Crippen LogP contribution in [0, 0.1) is 17.2 Å². The van der Waals surface area contributed by atoms with Crippen molar-refractivity contribution in [1.29, 1.82) is 5.26 Å². The summed E-state index contributed by atoms with van der Waals surface area (Å²) in [4.78, 5) is 2.56. The lowest BCUT2D eigenvalue weighted by Crippen LogP contribution is -2.41. The molecule has 1 saturated heterocycles. The molecule has 0 aromatic heterocycles. The van der Waals surface area contributed by atoms with Crippen LogP contribution in [0.5, 0.6) is 0 Å². The van der Waals surface area contributed by atoms with Gasteiger partial charge < -0.3 is 0 Å². The van der Waals surface area contributed by atoms with Crippen LogP contribution in [0.1, 0.15) is 46.5 Å². The first-order valence-electron chi connectivity index (χ1n) is 5.83. The number of nitrogens with zero attached hydrogens (tertiary/aromatic N) is 2. The van der Waals surface area contributed by atoms with Crippen LogP contribution in [0.25, 0.3) is 0 Å². The van der Waals surface area contributed by atoms with Gasteiger partial charge in [-0.15, -0.1) is 0 Å². The summed E-state index contributed by atoms with van der Waals surface area (Å²) >= 11 is 0. The highest BCUT2D eigenvalue weighted by atomic mass is 15.2. The van der Waals surface area contributed by atoms with Crippen LogP contribution in [-0.2, 0) is 0 Å². The number of hydrogen-bond acceptors (Lipinski definition) is 2. The molecular formula is C12H22N2. The quantitative estimate of drug-likeness (QED) is 0.688. The largest absolute Gasteiger partial charge is 0.296 e. The molecule has 0 spiro atoms. The van der Waals surface area contributed by atoms with Gasteiger partial charge in [0.05, 0.1) is 12.5 Å². The average molecular weight is 194 g/mol. The SMILES string of the molecule is CCC(CC#N)N1CCCC1C(C)C. The maximum atomic E-state index is 8.78. The summed E-state index contributed by atoms with van der Waals surface area (Å²) in [7, 11) is 0. The molecule has 1 heterocycles. The second kappa shape index (κ2) is 5.36. The number of likely N-dealkylation sites (tertiary alicyclic amines) is 1. The van der Waals surface area contributed by atoms with E-state index in [4.69, 9.17) is 5.26 Å². The molecule has 2 nitrogen and oxygen atoms in total. The summed E-state index contributed by atoms with van der Waals surface area (Å²) in [5.41, 5.74) is 0. The van der Waals surface area contributed by atoms with E-state index >= 15 is 0 Å². The van der Waals surface area contributed by atoms with Crippen molar-refractivity contribution in [2.75, 3.05) is 6.54 Å². The first-order valence-corrected chi connectivity index (χ1v) is 5.83. The molecule has 0 bridgehead atoms. The van der Waals surface area contributed by atoms with E-state index in [0.29, 0.717) is 18.5 Å². The number of nitriles is 1. The zero-order chi connectivity index (χ0) is 10.6. The first-order chi connectivity index (χ1) is 6.70. The van der Waals surface area contributed by atoms with Gasteiger partial charge in [0, 0.05) is 12.1 Å². The second-order valence-electron chi connectivity index (χ2n) is 4.62. The van der Waals surface area contributed by atoms with Crippen molar-refractivity contribution in [2.45, 2.75) is 58.5 Å². The van der Waals surface area contributed by atoms with Crippen LogP contribution < -0.4 is 0 Å². The lowest BCUT2D eigenvalue weighted by Gasteiger charge is -2.33. The third-order valence-electron chi connectivity index (χ3n) is 3.38. The van der Waals surface area contributed by atoms with Crippen molar-refractivity contribution >= 4 is 0 Å². The lowest BCUT2D eigenvalue weighted by molar-refractivity contribution is 0.143. The highest BCUT2D eigenvalue weighted by molar-refractivity contribution is 4.90. The Morgan fingerprint density at radius 1 is 1.50 bits per heavy atom. The van der Waals surface area contributed by atoms with Gasteiger partial charge >= 0.3 is 0 Å². The Morgan fingerprint density at radius 3 is 2.71 bits per heavy atom. The molecule has 0 aliphatic carbocycles. The molecular weight excluding hydrogens is 172 g/mol. The molecule has 2 heteroatoms. The number of hydrogen-bond donors (Lipinski definition) is 0. The molecule has 1 aliphatic heterocycles. The summed E-state index contributed by atoms with van der Waals surface area (Å²) < 4.78 is 0. The van der Waals surface area contributed by atoms with Gasteiger partial charge in [-0.25, -0.2) is 0 Å². The van der Waals surface area contributed by atoms with Gasteiger partial charge in [0.1, 0.15) is 0 Å². The molecule has 2 unspecified atom stereocenters. The highest BCUT2D eigenvalue weighted by Gasteiger charge is 2.31. The third kappa shape index (κ3) is 2.48. The minimum atomic E-state index is 0.495. The molecule has 0 N–H and O–H groups in total. The van der Waals surface area contributed by atoms with Crippen molar-refractivity contribution in [3.63, 3.8) is 0 Å². The number of rotatable bonds is 4. The Balaban J connectivity index is 2.60. The van der Waals surface area contributed by atoms with Gasteiger partial charge in [0.2, 0.25) is 0 Å². The van der Waals surface area contributed by atoms with Crippen molar-refractivity contribution < 1.29 is 0 Å². The van der Waals surface area contributed by atoms with Gasteiger partial charge in [0.25, 0.3) is 0 Å². The maximum Gasteiger partial charge on any atom is 0.0638 e. The fraction of sp³-hybridized carbons (Fsp3) is 0.917. The zero-order valence-electron chi connectivity index (χ0n) is 9.66. The molecule has 0 saturated carbocycles. The van der Waals surface area contributed by atoms with Crippen molar-refractivity contribution in [1.82, 2.24) is 4.90 Å². The molecule has 80 valence electrons. The topological polar surface area (TPSA) is 27.0 Å². The minimum absolute atomic E-state index is 0.495. The van der Waals surface area contributed by atoms with Gasteiger partial charge in [-0.1, -0.05) is 20.8 Å². The van der Waals surface area contributed by atoms with E-state index in [0.717, 1.165) is 12.3 Å². The lowest BCUT2D eigenvalue weighted by atomic mass is 9.99. The molecule has 14 heavy (non-hydrogen) atoms. The predicted molar refractivity (Wildman–Crippen MR) is 58.9 cm³/mol. The summed E-state index contributed by atoms with van der Waals surface area (Å²) in [5.74, 6) is 0.727. The van der Waals surface area contributed by atoms with Crippen molar-refractivity contribution in [3.05, 3.63) is 0 Å². The second-order valence-corrected chi connectivity index (χ2v) is 4.62. The van der Waals surface area contributed by atoms with Gasteiger partial charge in [-0.05, 0) is 31.7 Å². The molecule has 0 radical (unpaired) electrons. The Kier molecular flexibility index (Phi) is 4.41. The van der Waals surface area contributed by atoms with Crippen LogP contribution >= 0.6 is 0 Å². The fourth-order valence-corrected chi connectivity index (χ4v) is 2.59. The molecule has 0 aromatic rings. The van der Waals surface area contributed by atoms with Crippen LogP contribution in [0.15, 0.2) is 0 Å². The maximum absolute atomic E-state index is 8.78. The van der Waals surface area contributed by atoms with E-state index in [9.17, 15) is 0 Å². The van der Waals surface area contributed by atoms with E-state index in [1.54, 1.807) is 0 Å². The zero-order valence-corrected chi connectivity index (χ0v) is 9.66. The summed E-state index contributed by atoms with van der Waals surface area (Å²) in [5, 5.41) is 8.78. The van der Waals surface area contributed by atoms with Gasteiger partial charge in [-0.3, -0.25) is 4.90 Å². The van der Waals surface area contributed by atoms with Crippen LogP contribution in [-0.4, -0.2) is 23.5 Å². The van der Waals surface area contributed by atoms with E-state index in [-0.39, 0.29) is 0 Å². The van der Waals surface area contributed by atoms with Gasteiger partial charge in [0.15, 0.2) is 0 Å². The normalized spacial score (nSPS) is 25.2. The molecule has 1 fully saturated rings. The molecule has 1 aliphatic rings. The monoisotopic (exact) mass is 194 g/mol. The molecule has 0 aromatic carbocycles. The van der Waals surface area contributed by atoms with Gasteiger partial charge in [-0.2, -0.15) is 5.26 Å². The highest BCUT2D eigenvalue weighted by Crippen LogP contribution is 2.27. The average Bonchev–Trinajstić information content (AvgIpc) is 2.62.